The highest BCUT2D eigenvalue weighted by Gasteiger charge is 2.23. The standard InChI is InChI=1S/C11H13N3O/c12-6-2-4-8-11(13)10-7(14-8)3-1-5-9(10)15/h14H,1-5,13H2. The number of nitriles is 1. The molecule has 0 amide bonds. The molecule has 0 unspecified atom stereocenters. The lowest BCUT2D eigenvalue weighted by atomic mass is 9.95. The van der Waals surface area contributed by atoms with E-state index >= 15 is 0 Å². The first-order valence-corrected chi connectivity index (χ1v) is 5.13. The first-order chi connectivity index (χ1) is 7.24. The molecule has 3 N–H and O–H groups in total. The number of rotatable bonds is 2. The van der Waals surface area contributed by atoms with Crippen molar-refractivity contribution >= 4 is 11.5 Å². The molecule has 0 saturated carbocycles. The van der Waals surface area contributed by atoms with Gasteiger partial charge in [-0.2, -0.15) is 5.26 Å². The van der Waals surface area contributed by atoms with Crippen LogP contribution >= 0.6 is 0 Å². The molecule has 0 aliphatic heterocycles. The number of anilines is 1. The Balaban J connectivity index is 2.36. The van der Waals surface area contributed by atoms with Gasteiger partial charge in [0.2, 0.25) is 0 Å². The van der Waals surface area contributed by atoms with E-state index in [-0.39, 0.29) is 5.78 Å². The normalized spacial score (nSPS) is 14.7. The molecule has 0 bridgehead atoms. The first kappa shape index (κ1) is 9.78. The molecule has 15 heavy (non-hydrogen) atoms. The lowest BCUT2D eigenvalue weighted by Gasteiger charge is -2.09. The Labute approximate surface area is 88.1 Å². The summed E-state index contributed by atoms with van der Waals surface area (Å²) in [5.74, 6) is 0.133. The van der Waals surface area contributed by atoms with Crippen molar-refractivity contribution in [3.05, 3.63) is 17.0 Å². The van der Waals surface area contributed by atoms with Crippen LogP contribution in [-0.2, 0) is 12.8 Å². The fourth-order valence-corrected chi connectivity index (χ4v) is 2.06. The molecular formula is C11H13N3O. The number of fused-ring (bicyclic) bond motifs is 1. The molecule has 0 saturated heterocycles. The highest BCUT2D eigenvalue weighted by molar-refractivity contribution is 6.03. The lowest BCUT2D eigenvalue weighted by Crippen LogP contribution is -2.10. The molecule has 0 radical (unpaired) electrons. The number of aryl methyl sites for hydroxylation is 2. The van der Waals surface area contributed by atoms with Crippen molar-refractivity contribution in [2.24, 2.45) is 0 Å². The third-order valence-corrected chi connectivity index (χ3v) is 2.79. The van der Waals surface area contributed by atoms with E-state index in [0.29, 0.717) is 30.5 Å². The summed E-state index contributed by atoms with van der Waals surface area (Å²) >= 11 is 0. The summed E-state index contributed by atoms with van der Waals surface area (Å²) in [6, 6.07) is 2.07. The number of carbonyl (C=O) groups excluding carboxylic acids is 1. The molecule has 0 atom stereocenters. The van der Waals surface area contributed by atoms with Crippen LogP contribution in [0.5, 0.6) is 0 Å². The molecule has 1 aromatic heterocycles. The Kier molecular flexibility index (Phi) is 2.46. The van der Waals surface area contributed by atoms with Gasteiger partial charge in [0.05, 0.1) is 17.3 Å². The maximum absolute atomic E-state index is 11.6. The second-order valence-electron chi connectivity index (χ2n) is 3.81. The summed E-state index contributed by atoms with van der Waals surface area (Å²) < 4.78 is 0. The Bertz CT molecular complexity index is 439. The van der Waals surface area contributed by atoms with E-state index in [2.05, 4.69) is 11.1 Å². The van der Waals surface area contributed by atoms with Crippen molar-refractivity contribution in [2.45, 2.75) is 32.1 Å². The molecule has 78 valence electrons. The Morgan fingerprint density at radius 3 is 2.93 bits per heavy atom. The van der Waals surface area contributed by atoms with Crippen LogP contribution in [0.4, 0.5) is 5.69 Å². The predicted molar refractivity (Wildman–Crippen MR) is 56.4 cm³/mol. The van der Waals surface area contributed by atoms with Gasteiger partial charge in [-0.1, -0.05) is 0 Å². The second kappa shape index (κ2) is 3.77. The predicted octanol–water partition coefficient (Wildman–Crippen LogP) is 1.57. The number of nitrogen functional groups attached to an aromatic ring is 1. The van der Waals surface area contributed by atoms with E-state index in [9.17, 15) is 4.79 Å². The second-order valence-corrected chi connectivity index (χ2v) is 3.81. The van der Waals surface area contributed by atoms with Crippen molar-refractivity contribution < 1.29 is 4.79 Å². The van der Waals surface area contributed by atoms with E-state index in [1.54, 1.807) is 0 Å². The number of nitrogens with one attached hydrogen (secondary N) is 1. The molecule has 0 aromatic carbocycles. The number of nitrogens with zero attached hydrogens (tertiary/aromatic N) is 1. The topological polar surface area (TPSA) is 82.7 Å². The number of hydrogen-bond acceptors (Lipinski definition) is 3. The van der Waals surface area contributed by atoms with E-state index in [1.165, 1.54) is 0 Å². The minimum atomic E-state index is 0.133. The van der Waals surface area contributed by atoms with Gasteiger partial charge in [-0.05, 0) is 12.8 Å². The summed E-state index contributed by atoms with van der Waals surface area (Å²) in [4.78, 5) is 14.8. The molecule has 0 spiro atoms. The van der Waals surface area contributed by atoms with Gasteiger partial charge in [0, 0.05) is 30.7 Å². The van der Waals surface area contributed by atoms with Gasteiger partial charge in [-0.25, -0.2) is 0 Å². The smallest absolute Gasteiger partial charge is 0.166 e. The Hall–Kier alpha value is -1.76. The van der Waals surface area contributed by atoms with Crippen molar-refractivity contribution in [1.82, 2.24) is 4.98 Å². The van der Waals surface area contributed by atoms with Crippen molar-refractivity contribution in [2.75, 3.05) is 5.73 Å². The minimum Gasteiger partial charge on any atom is -0.397 e. The van der Waals surface area contributed by atoms with E-state index in [0.717, 1.165) is 24.2 Å². The SMILES string of the molecule is N#CCCc1[nH]c2c(c1N)C(=O)CCC2. The quantitative estimate of drug-likeness (QED) is 0.765. The molecule has 1 aromatic rings. The number of carbonyl (C=O) groups is 1. The number of aromatic amines is 1. The zero-order valence-electron chi connectivity index (χ0n) is 8.47. The third kappa shape index (κ3) is 1.61. The summed E-state index contributed by atoms with van der Waals surface area (Å²) in [5, 5.41) is 8.50. The van der Waals surface area contributed by atoms with Crippen LogP contribution < -0.4 is 5.73 Å². The highest BCUT2D eigenvalue weighted by atomic mass is 16.1. The third-order valence-electron chi connectivity index (χ3n) is 2.79. The van der Waals surface area contributed by atoms with Crippen LogP contribution in [0.15, 0.2) is 0 Å². The molecule has 0 fully saturated rings. The van der Waals surface area contributed by atoms with Crippen molar-refractivity contribution in [1.29, 1.82) is 5.26 Å². The average molecular weight is 203 g/mol. The van der Waals surface area contributed by atoms with E-state index in [1.807, 2.05) is 0 Å². The molecule has 4 nitrogen and oxygen atoms in total. The fourth-order valence-electron chi connectivity index (χ4n) is 2.06. The minimum absolute atomic E-state index is 0.133. The number of Topliss-reactive ketones (excluding diaryl/α,β-unsaturated/α-hetero) is 1. The van der Waals surface area contributed by atoms with E-state index in [4.69, 9.17) is 11.0 Å². The van der Waals surface area contributed by atoms with Crippen molar-refractivity contribution in [3.63, 3.8) is 0 Å². The van der Waals surface area contributed by atoms with Crippen LogP contribution in [0.2, 0.25) is 0 Å². The van der Waals surface area contributed by atoms with Gasteiger partial charge in [-0.15, -0.1) is 0 Å². The zero-order valence-corrected chi connectivity index (χ0v) is 8.47. The first-order valence-electron chi connectivity index (χ1n) is 5.13. The Morgan fingerprint density at radius 1 is 1.47 bits per heavy atom. The van der Waals surface area contributed by atoms with Gasteiger partial charge in [0.1, 0.15) is 0 Å². The Morgan fingerprint density at radius 2 is 2.27 bits per heavy atom. The summed E-state index contributed by atoms with van der Waals surface area (Å²) in [7, 11) is 0. The molecular weight excluding hydrogens is 190 g/mol. The monoisotopic (exact) mass is 203 g/mol. The molecule has 1 aliphatic carbocycles. The average Bonchev–Trinajstić information content (AvgIpc) is 2.54. The molecule has 2 rings (SSSR count). The fraction of sp³-hybridized carbons (Fsp3) is 0.455. The lowest BCUT2D eigenvalue weighted by molar-refractivity contribution is 0.0973. The van der Waals surface area contributed by atoms with Crippen LogP contribution in [0, 0.1) is 11.3 Å². The van der Waals surface area contributed by atoms with Gasteiger partial charge < -0.3 is 10.7 Å². The van der Waals surface area contributed by atoms with Gasteiger partial charge in [-0.3, -0.25) is 4.79 Å². The molecule has 4 heteroatoms. The number of nitrogens with two attached hydrogens (primary N) is 1. The highest BCUT2D eigenvalue weighted by Crippen LogP contribution is 2.29. The summed E-state index contributed by atoms with van der Waals surface area (Å²) in [6.07, 6.45) is 3.40. The van der Waals surface area contributed by atoms with Gasteiger partial charge in [0.15, 0.2) is 5.78 Å². The van der Waals surface area contributed by atoms with Crippen molar-refractivity contribution in [3.8, 4) is 6.07 Å². The number of aromatic nitrogens is 1. The number of H-pyrrole nitrogens is 1. The molecule has 1 heterocycles. The van der Waals surface area contributed by atoms with Crippen LogP contribution in [0.25, 0.3) is 0 Å². The van der Waals surface area contributed by atoms with Gasteiger partial charge >= 0.3 is 0 Å². The van der Waals surface area contributed by atoms with Gasteiger partial charge in [0.25, 0.3) is 0 Å². The number of ketones is 1. The largest absolute Gasteiger partial charge is 0.397 e. The zero-order chi connectivity index (χ0) is 10.8. The van der Waals surface area contributed by atoms with E-state index < -0.39 is 0 Å². The maximum atomic E-state index is 11.6. The summed E-state index contributed by atoms with van der Waals surface area (Å²) in [5.41, 5.74) is 8.93. The van der Waals surface area contributed by atoms with Crippen LogP contribution in [0.1, 0.15) is 41.0 Å². The molecule has 1 aliphatic rings. The maximum Gasteiger partial charge on any atom is 0.166 e. The number of hydrogen-bond donors (Lipinski definition) is 2. The van der Waals surface area contributed by atoms with Crippen LogP contribution in [-0.4, -0.2) is 10.8 Å². The van der Waals surface area contributed by atoms with Crippen LogP contribution in [0.3, 0.4) is 0 Å². The summed E-state index contributed by atoms with van der Waals surface area (Å²) in [6.45, 7) is 0.